The van der Waals surface area contributed by atoms with Crippen molar-refractivity contribution >= 4 is 11.6 Å². The number of nitrogens with one attached hydrogen (secondary N) is 1. The van der Waals surface area contributed by atoms with E-state index in [9.17, 15) is 4.39 Å². The second-order valence-electron chi connectivity index (χ2n) is 4.92. The van der Waals surface area contributed by atoms with Crippen LogP contribution in [0.15, 0.2) is 42.5 Å². The zero-order valence-electron chi connectivity index (χ0n) is 11.8. The van der Waals surface area contributed by atoms with Gasteiger partial charge in [-0.15, -0.1) is 0 Å². The van der Waals surface area contributed by atoms with Crippen LogP contribution in [0.25, 0.3) is 11.1 Å². The van der Waals surface area contributed by atoms with Crippen molar-refractivity contribution in [1.29, 1.82) is 0 Å². The highest BCUT2D eigenvalue weighted by Crippen LogP contribution is 2.26. The Morgan fingerprint density at radius 1 is 1.15 bits per heavy atom. The Kier molecular flexibility index (Phi) is 5.16. The SMILES string of the molecule is CCCNC(C)c1ccc(-c2ccc(Cl)cc2F)cc1. The summed E-state index contributed by atoms with van der Waals surface area (Å²) < 4.78 is 13.9. The van der Waals surface area contributed by atoms with Crippen molar-refractivity contribution in [1.82, 2.24) is 5.32 Å². The molecule has 3 heteroatoms. The predicted octanol–water partition coefficient (Wildman–Crippen LogP) is 5.21. The predicted molar refractivity (Wildman–Crippen MR) is 83.6 cm³/mol. The highest BCUT2D eigenvalue weighted by atomic mass is 35.5. The topological polar surface area (TPSA) is 12.0 Å². The molecule has 0 saturated carbocycles. The Labute approximate surface area is 124 Å². The third-order valence-corrected chi connectivity index (χ3v) is 3.59. The first-order chi connectivity index (χ1) is 9.61. The first-order valence-electron chi connectivity index (χ1n) is 6.90. The average molecular weight is 292 g/mol. The van der Waals surface area contributed by atoms with Crippen molar-refractivity contribution in [2.75, 3.05) is 6.54 Å². The zero-order valence-corrected chi connectivity index (χ0v) is 12.5. The Hall–Kier alpha value is -1.38. The van der Waals surface area contributed by atoms with Gasteiger partial charge in [-0.3, -0.25) is 0 Å². The molecule has 2 aromatic rings. The number of hydrogen-bond acceptors (Lipinski definition) is 1. The maximum atomic E-state index is 13.9. The Balaban J connectivity index is 2.19. The normalized spacial score (nSPS) is 12.4. The maximum Gasteiger partial charge on any atom is 0.132 e. The first kappa shape index (κ1) is 15.0. The zero-order chi connectivity index (χ0) is 14.5. The van der Waals surface area contributed by atoms with Gasteiger partial charge < -0.3 is 5.32 Å². The molecule has 0 heterocycles. The Morgan fingerprint density at radius 2 is 1.85 bits per heavy atom. The van der Waals surface area contributed by atoms with E-state index in [2.05, 4.69) is 19.2 Å². The maximum absolute atomic E-state index is 13.9. The molecular formula is C17H19ClFN. The molecule has 0 spiro atoms. The van der Waals surface area contributed by atoms with Crippen LogP contribution >= 0.6 is 11.6 Å². The third kappa shape index (κ3) is 3.59. The summed E-state index contributed by atoms with van der Waals surface area (Å²) in [5.41, 5.74) is 2.65. The molecule has 20 heavy (non-hydrogen) atoms. The summed E-state index contributed by atoms with van der Waals surface area (Å²) in [6, 6.07) is 13.0. The van der Waals surface area contributed by atoms with Gasteiger partial charge in [0.15, 0.2) is 0 Å². The molecule has 0 amide bonds. The third-order valence-electron chi connectivity index (χ3n) is 3.35. The Bertz CT molecular complexity index is 566. The minimum Gasteiger partial charge on any atom is -0.310 e. The smallest absolute Gasteiger partial charge is 0.132 e. The van der Waals surface area contributed by atoms with Crippen LogP contribution in [0, 0.1) is 5.82 Å². The van der Waals surface area contributed by atoms with E-state index in [0.29, 0.717) is 16.6 Å². The second-order valence-corrected chi connectivity index (χ2v) is 5.36. The molecule has 0 radical (unpaired) electrons. The molecule has 0 aromatic heterocycles. The van der Waals surface area contributed by atoms with Gasteiger partial charge in [0, 0.05) is 16.6 Å². The van der Waals surface area contributed by atoms with Crippen molar-refractivity contribution in [3.63, 3.8) is 0 Å². The minimum atomic E-state index is -0.289. The summed E-state index contributed by atoms with van der Waals surface area (Å²) in [6.07, 6.45) is 1.11. The second kappa shape index (κ2) is 6.87. The fourth-order valence-corrected chi connectivity index (χ4v) is 2.31. The van der Waals surface area contributed by atoms with E-state index in [1.54, 1.807) is 12.1 Å². The summed E-state index contributed by atoms with van der Waals surface area (Å²) in [7, 11) is 0. The lowest BCUT2D eigenvalue weighted by Crippen LogP contribution is -2.19. The highest BCUT2D eigenvalue weighted by Gasteiger charge is 2.08. The van der Waals surface area contributed by atoms with Gasteiger partial charge in [0.05, 0.1) is 0 Å². The van der Waals surface area contributed by atoms with E-state index in [1.165, 1.54) is 11.6 Å². The minimum absolute atomic E-state index is 0.289. The number of hydrogen-bond donors (Lipinski definition) is 1. The van der Waals surface area contributed by atoms with E-state index in [4.69, 9.17) is 11.6 Å². The molecule has 0 bridgehead atoms. The highest BCUT2D eigenvalue weighted by molar-refractivity contribution is 6.30. The molecule has 106 valence electrons. The number of rotatable bonds is 5. The van der Waals surface area contributed by atoms with Crippen LogP contribution in [-0.2, 0) is 0 Å². The average Bonchev–Trinajstić information content (AvgIpc) is 2.45. The van der Waals surface area contributed by atoms with Crippen LogP contribution in [0.3, 0.4) is 0 Å². The standard InChI is InChI=1S/C17H19ClFN/c1-3-10-20-12(2)13-4-6-14(7-5-13)16-9-8-15(18)11-17(16)19/h4-9,11-12,20H,3,10H2,1-2H3. The molecule has 1 unspecified atom stereocenters. The van der Waals surface area contributed by atoms with Gasteiger partial charge in [-0.25, -0.2) is 4.39 Å². The summed E-state index contributed by atoms with van der Waals surface area (Å²) in [5, 5.41) is 3.85. The van der Waals surface area contributed by atoms with Gasteiger partial charge >= 0.3 is 0 Å². The molecule has 1 atom stereocenters. The van der Waals surface area contributed by atoms with Crippen LogP contribution in [0.1, 0.15) is 31.9 Å². The van der Waals surface area contributed by atoms with Gasteiger partial charge in [0.2, 0.25) is 0 Å². The molecule has 0 saturated heterocycles. The van der Waals surface area contributed by atoms with Crippen LogP contribution < -0.4 is 5.32 Å². The lowest BCUT2D eigenvalue weighted by molar-refractivity contribution is 0.571. The molecule has 2 aromatic carbocycles. The lowest BCUT2D eigenvalue weighted by Gasteiger charge is -2.14. The summed E-state index contributed by atoms with van der Waals surface area (Å²) in [4.78, 5) is 0. The lowest BCUT2D eigenvalue weighted by atomic mass is 10.0. The van der Waals surface area contributed by atoms with E-state index >= 15 is 0 Å². The van der Waals surface area contributed by atoms with E-state index in [-0.39, 0.29) is 5.82 Å². The fraction of sp³-hybridized carbons (Fsp3) is 0.294. The first-order valence-corrected chi connectivity index (χ1v) is 7.28. The molecule has 2 rings (SSSR count). The van der Waals surface area contributed by atoms with Crippen molar-refractivity contribution in [3.8, 4) is 11.1 Å². The summed E-state index contributed by atoms with van der Waals surface area (Å²) in [6.45, 7) is 5.27. The molecule has 0 fully saturated rings. The van der Waals surface area contributed by atoms with Crippen molar-refractivity contribution in [2.45, 2.75) is 26.3 Å². The van der Waals surface area contributed by atoms with E-state index in [1.807, 2.05) is 24.3 Å². The molecule has 0 aliphatic heterocycles. The molecule has 0 aliphatic carbocycles. The molecule has 1 N–H and O–H groups in total. The number of halogens is 2. The fourth-order valence-electron chi connectivity index (χ4n) is 2.15. The van der Waals surface area contributed by atoms with Crippen LogP contribution in [0.2, 0.25) is 5.02 Å². The van der Waals surface area contributed by atoms with Gasteiger partial charge in [-0.1, -0.05) is 42.8 Å². The van der Waals surface area contributed by atoms with Gasteiger partial charge in [0.25, 0.3) is 0 Å². The van der Waals surface area contributed by atoms with E-state index < -0.39 is 0 Å². The van der Waals surface area contributed by atoms with Gasteiger partial charge in [0.1, 0.15) is 5.82 Å². The Morgan fingerprint density at radius 3 is 2.45 bits per heavy atom. The monoisotopic (exact) mass is 291 g/mol. The van der Waals surface area contributed by atoms with Crippen LogP contribution in [0.5, 0.6) is 0 Å². The summed E-state index contributed by atoms with van der Waals surface area (Å²) in [5.74, 6) is -0.289. The molecule has 1 nitrogen and oxygen atoms in total. The van der Waals surface area contributed by atoms with Crippen LogP contribution in [-0.4, -0.2) is 6.54 Å². The van der Waals surface area contributed by atoms with Crippen molar-refractivity contribution in [3.05, 3.63) is 58.9 Å². The largest absolute Gasteiger partial charge is 0.310 e. The van der Waals surface area contributed by atoms with Crippen LogP contribution in [0.4, 0.5) is 4.39 Å². The van der Waals surface area contributed by atoms with Crippen molar-refractivity contribution in [2.24, 2.45) is 0 Å². The molecular weight excluding hydrogens is 273 g/mol. The van der Waals surface area contributed by atoms with Gasteiger partial charge in [-0.05, 0) is 49.2 Å². The van der Waals surface area contributed by atoms with Gasteiger partial charge in [-0.2, -0.15) is 0 Å². The molecule has 0 aliphatic rings. The quantitative estimate of drug-likeness (QED) is 0.797. The van der Waals surface area contributed by atoms with Crippen molar-refractivity contribution < 1.29 is 4.39 Å². The summed E-state index contributed by atoms with van der Waals surface area (Å²) >= 11 is 5.77. The number of benzene rings is 2. The van der Waals surface area contributed by atoms with E-state index in [0.717, 1.165) is 18.5 Å².